The molecule has 0 radical (unpaired) electrons. The summed E-state index contributed by atoms with van der Waals surface area (Å²) >= 11 is 1.40. The number of nitrogens with one attached hydrogen (secondary N) is 2. The second-order valence-corrected chi connectivity index (χ2v) is 6.93. The average Bonchev–Trinajstić information content (AvgIpc) is 3.27. The predicted molar refractivity (Wildman–Crippen MR) is 91.6 cm³/mol. The van der Waals surface area contributed by atoms with Crippen molar-refractivity contribution in [2.24, 2.45) is 0 Å². The van der Waals surface area contributed by atoms with Crippen LogP contribution in [0.5, 0.6) is 0 Å². The molecule has 1 saturated heterocycles. The number of hydrogen-bond donors (Lipinski definition) is 2. The van der Waals surface area contributed by atoms with Crippen molar-refractivity contribution in [1.82, 2.24) is 29.6 Å². The number of carbonyl (C=O) groups is 1. The fourth-order valence-corrected chi connectivity index (χ4v) is 3.85. The van der Waals surface area contributed by atoms with Crippen LogP contribution in [-0.4, -0.2) is 48.6 Å². The highest BCUT2D eigenvalue weighted by Crippen LogP contribution is 2.24. The van der Waals surface area contributed by atoms with Gasteiger partial charge in [0.1, 0.15) is 17.2 Å². The molecule has 4 rings (SSSR count). The normalized spacial score (nSPS) is 15.8. The van der Waals surface area contributed by atoms with Gasteiger partial charge in [0.2, 0.25) is 5.91 Å². The Hall–Kier alpha value is -2.75. The molecule has 130 valence electrons. The first-order valence-electron chi connectivity index (χ1n) is 7.97. The number of amides is 1. The van der Waals surface area contributed by atoms with Gasteiger partial charge in [-0.15, -0.1) is 11.3 Å². The Labute approximate surface area is 145 Å². The van der Waals surface area contributed by atoms with Gasteiger partial charge in [0.25, 0.3) is 5.56 Å². The molecule has 0 aliphatic carbocycles. The van der Waals surface area contributed by atoms with Crippen molar-refractivity contribution in [1.29, 1.82) is 0 Å². The van der Waals surface area contributed by atoms with Crippen molar-refractivity contribution in [3.63, 3.8) is 0 Å². The largest absolute Gasteiger partial charge is 0.341 e. The van der Waals surface area contributed by atoms with Crippen LogP contribution in [0.3, 0.4) is 0 Å². The van der Waals surface area contributed by atoms with E-state index in [1.807, 2.05) is 5.38 Å². The van der Waals surface area contributed by atoms with Crippen LogP contribution < -0.4 is 11.2 Å². The maximum absolute atomic E-state index is 12.5. The lowest BCUT2D eigenvalue weighted by atomic mass is 9.96. The van der Waals surface area contributed by atoms with Gasteiger partial charge in [-0.25, -0.2) is 14.9 Å². The second-order valence-electron chi connectivity index (χ2n) is 6.04. The maximum atomic E-state index is 12.5. The van der Waals surface area contributed by atoms with Crippen LogP contribution >= 0.6 is 11.3 Å². The smallest absolute Gasteiger partial charge is 0.340 e. The summed E-state index contributed by atoms with van der Waals surface area (Å²) in [5.74, 6) is 0.669. The van der Waals surface area contributed by atoms with E-state index in [2.05, 4.69) is 20.2 Å². The monoisotopic (exact) mass is 360 g/mol. The lowest BCUT2D eigenvalue weighted by Crippen LogP contribution is -2.41. The zero-order valence-electron chi connectivity index (χ0n) is 13.3. The molecule has 0 atom stereocenters. The van der Waals surface area contributed by atoms with Gasteiger partial charge < -0.3 is 4.90 Å². The summed E-state index contributed by atoms with van der Waals surface area (Å²) in [7, 11) is 0. The van der Waals surface area contributed by atoms with Crippen LogP contribution in [0.4, 0.5) is 0 Å². The number of likely N-dealkylation sites (tertiary alicyclic amines) is 1. The highest BCUT2D eigenvalue weighted by atomic mass is 32.1. The average molecular weight is 360 g/mol. The minimum Gasteiger partial charge on any atom is -0.341 e. The quantitative estimate of drug-likeness (QED) is 0.696. The fourth-order valence-electron chi connectivity index (χ4n) is 3.13. The topological polar surface area (TPSA) is 117 Å². The molecule has 10 heteroatoms. The number of hydrogen-bond acceptors (Lipinski definition) is 6. The van der Waals surface area contributed by atoms with E-state index in [9.17, 15) is 14.4 Å². The number of fused-ring (bicyclic) bond motifs is 1. The summed E-state index contributed by atoms with van der Waals surface area (Å²) in [4.78, 5) is 45.3. The van der Waals surface area contributed by atoms with Crippen molar-refractivity contribution in [2.75, 3.05) is 13.1 Å². The third kappa shape index (κ3) is 3.00. The molecule has 2 N–H and O–H groups in total. The van der Waals surface area contributed by atoms with Crippen molar-refractivity contribution < 1.29 is 4.79 Å². The van der Waals surface area contributed by atoms with Gasteiger partial charge >= 0.3 is 5.69 Å². The molecule has 1 amide bonds. The Morgan fingerprint density at radius 2 is 2.12 bits per heavy atom. The Balaban J connectivity index is 1.42. The van der Waals surface area contributed by atoms with E-state index in [-0.39, 0.29) is 29.6 Å². The highest BCUT2D eigenvalue weighted by molar-refractivity contribution is 7.16. The molecule has 1 aliphatic rings. The van der Waals surface area contributed by atoms with Gasteiger partial charge in [-0.1, -0.05) is 0 Å². The SMILES string of the molecule is O=C(Cn1cnc2sccc2c1=O)N1CCC(c2n[nH]c(=O)[nH]2)CC1. The van der Waals surface area contributed by atoms with Crippen LogP contribution in [0.25, 0.3) is 10.2 Å². The molecular formula is C15H16N6O3S. The number of H-pyrrole nitrogens is 2. The third-order valence-corrected chi connectivity index (χ3v) is 5.33. The van der Waals surface area contributed by atoms with Crippen LogP contribution in [-0.2, 0) is 11.3 Å². The number of piperidine rings is 1. The van der Waals surface area contributed by atoms with Crippen LogP contribution in [0.2, 0.25) is 0 Å². The van der Waals surface area contributed by atoms with E-state index < -0.39 is 0 Å². The van der Waals surface area contributed by atoms with Crippen molar-refractivity contribution in [2.45, 2.75) is 25.3 Å². The molecule has 0 bridgehead atoms. The molecular weight excluding hydrogens is 344 g/mol. The molecule has 3 aromatic heterocycles. The molecule has 9 nitrogen and oxygen atoms in total. The molecule has 1 aliphatic heterocycles. The van der Waals surface area contributed by atoms with Gasteiger partial charge in [-0.3, -0.25) is 19.1 Å². The molecule has 0 saturated carbocycles. The first-order valence-corrected chi connectivity index (χ1v) is 8.85. The summed E-state index contributed by atoms with van der Waals surface area (Å²) in [6, 6.07) is 1.73. The van der Waals surface area contributed by atoms with Crippen LogP contribution in [0.1, 0.15) is 24.6 Å². The van der Waals surface area contributed by atoms with Crippen LogP contribution in [0.15, 0.2) is 27.4 Å². The maximum Gasteiger partial charge on any atom is 0.340 e. The van der Waals surface area contributed by atoms with Gasteiger partial charge in [-0.2, -0.15) is 5.10 Å². The third-order valence-electron chi connectivity index (χ3n) is 4.51. The standard InChI is InChI=1S/C15H16N6O3S/c22-11(7-21-8-16-13-10(14(21)23)3-6-25-13)20-4-1-9(2-5-20)12-17-15(24)19-18-12/h3,6,8-9H,1-2,4-5,7H2,(H2,17,18,19,24). The zero-order valence-corrected chi connectivity index (χ0v) is 14.1. The number of rotatable bonds is 3. The number of carbonyl (C=O) groups excluding carboxylic acids is 1. The highest BCUT2D eigenvalue weighted by Gasteiger charge is 2.26. The number of aromatic amines is 2. The van der Waals surface area contributed by atoms with Crippen molar-refractivity contribution in [3.8, 4) is 0 Å². The van der Waals surface area contributed by atoms with E-state index in [0.717, 1.165) is 12.8 Å². The summed E-state index contributed by atoms with van der Waals surface area (Å²) in [6.07, 6.45) is 2.88. The summed E-state index contributed by atoms with van der Waals surface area (Å²) in [5.41, 5.74) is -0.507. The molecule has 4 heterocycles. The summed E-state index contributed by atoms with van der Waals surface area (Å²) < 4.78 is 1.36. The summed E-state index contributed by atoms with van der Waals surface area (Å²) in [5, 5.41) is 8.69. The Bertz CT molecular complexity index is 1020. The number of thiophene rings is 1. The Morgan fingerprint density at radius 1 is 1.32 bits per heavy atom. The van der Waals surface area contributed by atoms with Gasteiger partial charge in [-0.05, 0) is 24.3 Å². The lowest BCUT2D eigenvalue weighted by molar-refractivity contribution is -0.133. The fraction of sp³-hybridized carbons (Fsp3) is 0.400. The lowest BCUT2D eigenvalue weighted by Gasteiger charge is -2.31. The van der Waals surface area contributed by atoms with Gasteiger partial charge in [0.05, 0.1) is 11.7 Å². The minimum absolute atomic E-state index is 0.0124. The first kappa shape index (κ1) is 15.8. The molecule has 0 spiro atoms. The van der Waals surface area contributed by atoms with Crippen molar-refractivity contribution >= 4 is 27.5 Å². The zero-order chi connectivity index (χ0) is 17.4. The van der Waals surface area contributed by atoms with Crippen molar-refractivity contribution in [3.05, 3.63) is 44.4 Å². The van der Waals surface area contributed by atoms with E-state index >= 15 is 0 Å². The van der Waals surface area contributed by atoms with E-state index in [1.54, 1.807) is 11.0 Å². The Morgan fingerprint density at radius 3 is 2.84 bits per heavy atom. The predicted octanol–water partition coefficient (Wildman–Crippen LogP) is 0.276. The minimum atomic E-state index is -0.316. The van der Waals surface area contributed by atoms with Gasteiger partial charge in [0, 0.05) is 19.0 Å². The van der Waals surface area contributed by atoms with E-state index in [4.69, 9.17) is 0 Å². The van der Waals surface area contributed by atoms with Gasteiger partial charge in [0.15, 0.2) is 0 Å². The molecule has 0 aromatic carbocycles. The van der Waals surface area contributed by atoms with E-state index in [0.29, 0.717) is 29.1 Å². The molecule has 1 fully saturated rings. The Kier molecular flexibility index (Phi) is 3.96. The first-order chi connectivity index (χ1) is 12.1. The number of aromatic nitrogens is 5. The summed E-state index contributed by atoms with van der Waals surface area (Å²) in [6.45, 7) is 1.13. The molecule has 0 unspecified atom stereocenters. The van der Waals surface area contributed by atoms with Crippen LogP contribution in [0, 0.1) is 0 Å². The second kappa shape index (κ2) is 6.28. The van der Waals surface area contributed by atoms with E-state index in [1.165, 1.54) is 22.2 Å². The number of nitrogens with zero attached hydrogens (tertiary/aromatic N) is 4. The molecule has 3 aromatic rings. The molecule has 25 heavy (non-hydrogen) atoms.